The van der Waals surface area contributed by atoms with E-state index in [-0.39, 0.29) is 18.0 Å². The van der Waals surface area contributed by atoms with E-state index in [0.717, 1.165) is 12.0 Å². The molecule has 1 amide bonds. The van der Waals surface area contributed by atoms with Gasteiger partial charge in [-0.25, -0.2) is 4.98 Å². The minimum absolute atomic E-state index is 0.0162. The molecule has 1 heterocycles. The third kappa shape index (κ3) is 3.84. The van der Waals surface area contributed by atoms with Crippen LogP contribution in [-0.4, -0.2) is 21.5 Å². The van der Waals surface area contributed by atoms with Gasteiger partial charge in [0.05, 0.1) is 6.33 Å². The fourth-order valence-corrected chi connectivity index (χ4v) is 2.28. The summed E-state index contributed by atoms with van der Waals surface area (Å²) >= 11 is 5.95. The Morgan fingerprint density at radius 2 is 2.25 bits per heavy atom. The number of imidazole rings is 1. The van der Waals surface area contributed by atoms with Gasteiger partial charge < -0.3 is 9.88 Å². The largest absolute Gasteiger partial charge is 0.352 e. The number of carbonyl (C=O) groups is 1. The molecule has 20 heavy (non-hydrogen) atoms. The second-order valence-corrected chi connectivity index (χ2v) is 5.37. The lowest BCUT2D eigenvalue weighted by Crippen LogP contribution is -2.38. The van der Waals surface area contributed by atoms with E-state index in [4.69, 9.17) is 11.6 Å². The molecule has 0 fully saturated rings. The second-order valence-electron chi connectivity index (χ2n) is 4.93. The van der Waals surface area contributed by atoms with Crippen LogP contribution in [0.25, 0.3) is 0 Å². The summed E-state index contributed by atoms with van der Waals surface area (Å²) in [6, 6.07) is 7.47. The topological polar surface area (TPSA) is 46.9 Å². The Bertz CT molecular complexity index is 568. The highest BCUT2D eigenvalue weighted by molar-refractivity contribution is 6.30. The van der Waals surface area contributed by atoms with Gasteiger partial charge in [0, 0.05) is 23.5 Å². The number of halogens is 1. The number of amides is 1. The summed E-state index contributed by atoms with van der Waals surface area (Å²) in [6.07, 6.45) is 5.85. The number of hydrogen-bond donors (Lipinski definition) is 1. The highest BCUT2D eigenvalue weighted by Gasteiger charge is 2.16. The first-order valence-electron chi connectivity index (χ1n) is 6.58. The van der Waals surface area contributed by atoms with Gasteiger partial charge in [0.15, 0.2) is 0 Å². The maximum atomic E-state index is 12.1. The third-order valence-electron chi connectivity index (χ3n) is 3.17. The molecule has 2 atom stereocenters. The smallest absolute Gasteiger partial charge is 0.243 e. The monoisotopic (exact) mass is 291 g/mol. The van der Waals surface area contributed by atoms with Gasteiger partial charge in [-0.2, -0.15) is 0 Å². The molecular weight excluding hydrogens is 274 g/mol. The van der Waals surface area contributed by atoms with Crippen molar-refractivity contribution in [1.82, 2.24) is 14.9 Å². The molecule has 0 radical (unpaired) electrons. The number of nitrogens with one attached hydrogen (secondary N) is 1. The molecule has 0 unspecified atom stereocenters. The molecular formula is C15H18ClN3O. The van der Waals surface area contributed by atoms with Gasteiger partial charge in [-0.15, -0.1) is 0 Å². The Hall–Kier alpha value is -1.81. The lowest BCUT2D eigenvalue weighted by molar-refractivity contribution is -0.124. The fraction of sp³-hybridized carbons (Fsp3) is 0.333. The summed E-state index contributed by atoms with van der Waals surface area (Å²) in [7, 11) is 0. The van der Waals surface area contributed by atoms with Gasteiger partial charge in [-0.05, 0) is 38.0 Å². The van der Waals surface area contributed by atoms with E-state index >= 15 is 0 Å². The number of carbonyl (C=O) groups excluding carboxylic acids is 1. The van der Waals surface area contributed by atoms with Crippen molar-refractivity contribution in [1.29, 1.82) is 0 Å². The van der Waals surface area contributed by atoms with Gasteiger partial charge in [0.2, 0.25) is 5.91 Å². The number of hydrogen-bond acceptors (Lipinski definition) is 2. The average Bonchev–Trinajstić information content (AvgIpc) is 2.91. The number of aromatic nitrogens is 2. The normalized spacial score (nSPS) is 13.8. The molecule has 106 valence electrons. The van der Waals surface area contributed by atoms with Gasteiger partial charge in [-0.1, -0.05) is 23.7 Å². The van der Waals surface area contributed by atoms with Gasteiger partial charge in [-0.3, -0.25) is 4.79 Å². The Morgan fingerprint density at radius 3 is 2.90 bits per heavy atom. The minimum atomic E-state index is -0.265. The first-order valence-corrected chi connectivity index (χ1v) is 6.96. The molecule has 0 bridgehead atoms. The maximum Gasteiger partial charge on any atom is 0.243 e. The molecule has 2 aromatic rings. The van der Waals surface area contributed by atoms with Crippen LogP contribution < -0.4 is 5.32 Å². The fourth-order valence-electron chi connectivity index (χ4n) is 2.07. The first-order chi connectivity index (χ1) is 9.56. The van der Waals surface area contributed by atoms with Crippen LogP contribution in [0, 0.1) is 0 Å². The summed E-state index contributed by atoms with van der Waals surface area (Å²) in [4.78, 5) is 16.1. The minimum Gasteiger partial charge on any atom is -0.352 e. The average molecular weight is 292 g/mol. The molecule has 0 saturated carbocycles. The highest BCUT2D eigenvalue weighted by Crippen LogP contribution is 2.13. The third-order valence-corrected chi connectivity index (χ3v) is 3.41. The van der Waals surface area contributed by atoms with Crippen LogP contribution in [0.4, 0.5) is 0 Å². The van der Waals surface area contributed by atoms with Gasteiger partial charge >= 0.3 is 0 Å². The number of benzene rings is 1. The van der Waals surface area contributed by atoms with Crippen LogP contribution in [-0.2, 0) is 11.2 Å². The standard InChI is InChI=1S/C15H18ClN3O/c1-11(8-13-4-3-5-14(16)9-13)18-15(20)12(2)19-7-6-17-10-19/h3-7,9-12H,8H2,1-2H3,(H,18,20)/t11-,12+/m0/s1. The van der Waals surface area contributed by atoms with Crippen molar-refractivity contribution in [3.8, 4) is 0 Å². The van der Waals surface area contributed by atoms with E-state index in [2.05, 4.69) is 10.3 Å². The molecule has 0 aliphatic heterocycles. The Morgan fingerprint density at radius 1 is 1.45 bits per heavy atom. The molecule has 4 nitrogen and oxygen atoms in total. The van der Waals surface area contributed by atoms with E-state index in [1.807, 2.05) is 38.1 Å². The zero-order valence-corrected chi connectivity index (χ0v) is 12.3. The molecule has 1 N–H and O–H groups in total. The van der Waals surface area contributed by atoms with Crippen LogP contribution in [0.2, 0.25) is 5.02 Å². The SMILES string of the molecule is C[C@H](C(=O)N[C@@H](C)Cc1cccc(Cl)c1)n1ccnc1. The highest BCUT2D eigenvalue weighted by atomic mass is 35.5. The van der Waals surface area contributed by atoms with E-state index in [1.54, 1.807) is 23.3 Å². The zero-order valence-electron chi connectivity index (χ0n) is 11.6. The maximum absolute atomic E-state index is 12.1. The van der Waals surface area contributed by atoms with E-state index < -0.39 is 0 Å². The lowest BCUT2D eigenvalue weighted by Gasteiger charge is -2.18. The van der Waals surface area contributed by atoms with Crippen LogP contribution >= 0.6 is 11.6 Å². The Kier molecular flexibility index (Phi) is 4.79. The van der Waals surface area contributed by atoms with E-state index in [9.17, 15) is 4.79 Å². The van der Waals surface area contributed by atoms with Crippen molar-refractivity contribution in [2.24, 2.45) is 0 Å². The Labute approximate surface area is 123 Å². The van der Waals surface area contributed by atoms with Gasteiger partial charge in [0.25, 0.3) is 0 Å². The Balaban J connectivity index is 1.91. The zero-order chi connectivity index (χ0) is 14.5. The van der Waals surface area contributed by atoms with Crippen LogP contribution in [0.1, 0.15) is 25.5 Å². The summed E-state index contributed by atoms with van der Waals surface area (Å²) in [6.45, 7) is 3.84. The van der Waals surface area contributed by atoms with Gasteiger partial charge in [0.1, 0.15) is 6.04 Å². The second kappa shape index (κ2) is 6.57. The van der Waals surface area contributed by atoms with Crippen molar-refractivity contribution in [3.63, 3.8) is 0 Å². The number of nitrogens with zero attached hydrogens (tertiary/aromatic N) is 2. The summed E-state index contributed by atoms with van der Waals surface area (Å²) in [5, 5.41) is 3.72. The molecule has 1 aromatic carbocycles. The number of rotatable bonds is 5. The summed E-state index contributed by atoms with van der Waals surface area (Å²) < 4.78 is 1.78. The molecule has 0 aliphatic carbocycles. The van der Waals surface area contributed by atoms with E-state index in [0.29, 0.717) is 5.02 Å². The van der Waals surface area contributed by atoms with E-state index in [1.165, 1.54) is 0 Å². The van der Waals surface area contributed by atoms with Crippen molar-refractivity contribution in [3.05, 3.63) is 53.6 Å². The summed E-state index contributed by atoms with van der Waals surface area (Å²) in [5.74, 6) is -0.0162. The van der Waals surface area contributed by atoms with Crippen LogP contribution in [0.15, 0.2) is 43.0 Å². The predicted octanol–water partition coefficient (Wildman–Crippen LogP) is 2.84. The van der Waals surface area contributed by atoms with Crippen molar-refractivity contribution < 1.29 is 4.79 Å². The van der Waals surface area contributed by atoms with Crippen molar-refractivity contribution >= 4 is 17.5 Å². The van der Waals surface area contributed by atoms with Crippen molar-refractivity contribution in [2.75, 3.05) is 0 Å². The molecule has 0 saturated heterocycles. The molecule has 0 spiro atoms. The van der Waals surface area contributed by atoms with Crippen molar-refractivity contribution in [2.45, 2.75) is 32.4 Å². The molecule has 1 aromatic heterocycles. The summed E-state index contributed by atoms with van der Waals surface area (Å²) in [5.41, 5.74) is 1.11. The lowest BCUT2D eigenvalue weighted by atomic mass is 10.1. The molecule has 2 rings (SSSR count). The quantitative estimate of drug-likeness (QED) is 0.921. The molecule has 5 heteroatoms. The van der Waals surface area contributed by atoms with Crippen LogP contribution in [0.3, 0.4) is 0 Å². The predicted molar refractivity (Wildman–Crippen MR) is 79.7 cm³/mol. The first kappa shape index (κ1) is 14.6. The van der Waals surface area contributed by atoms with Crippen LogP contribution in [0.5, 0.6) is 0 Å². The molecule has 0 aliphatic rings.